The predicted molar refractivity (Wildman–Crippen MR) is 156 cm³/mol. The number of hydrogen-bond donors (Lipinski definition) is 0. The molecule has 0 aliphatic heterocycles. The average molecular weight is 495 g/mol. The second-order valence-electron chi connectivity index (χ2n) is 11.5. The highest BCUT2D eigenvalue weighted by Crippen LogP contribution is 2.42. The molecule has 0 bridgehead atoms. The molecule has 3 aromatic carbocycles. The van der Waals surface area contributed by atoms with Gasteiger partial charge in [0.2, 0.25) is 0 Å². The van der Waals surface area contributed by atoms with Crippen LogP contribution in [0.15, 0.2) is 72.8 Å². The van der Waals surface area contributed by atoms with Crippen LogP contribution in [0.1, 0.15) is 70.9 Å². The lowest BCUT2D eigenvalue weighted by Crippen LogP contribution is -2.23. The third-order valence-electron chi connectivity index (χ3n) is 7.07. The Balaban J connectivity index is 1.79. The van der Waals surface area contributed by atoms with Crippen LogP contribution in [0.25, 0.3) is 16.8 Å². The Hall–Kier alpha value is -3.17. The van der Waals surface area contributed by atoms with E-state index in [9.17, 15) is 4.79 Å². The predicted octanol–water partition coefficient (Wildman–Crippen LogP) is 8.70. The van der Waals surface area contributed by atoms with E-state index in [1.54, 1.807) is 0 Å². The molecule has 3 aromatic rings. The Bertz CT molecular complexity index is 1320. The molecule has 0 aromatic heterocycles. The Morgan fingerprint density at radius 3 is 2.19 bits per heavy atom. The van der Waals surface area contributed by atoms with Gasteiger partial charge < -0.3 is 4.74 Å². The number of rotatable bonds is 6. The van der Waals surface area contributed by atoms with Crippen molar-refractivity contribution in [3.05, 3.63) is 112 Å². The fourth-order valence-electron chi connectivity index (χ4n) is 4.95. The van der Waals surface area contributed by atoms with Gasteiger partial charge >= 0.3 is 5.97 Å². The number of benzene rings is 3. The van der Waals surface area contributed by atoms with Crippen LogP contribution in [-0.2, 0) is 10.2 Å². The summed E-state index contributed by atoms with van der Waals surface area (Å²) in [4.78, 5) is 12.1. The Labute approximate surface area is 217 Å². The number of aryl methyl sites for hydroxylation is 1. The van der Waals surface area contributed by atoms with Gasteiger partial charge in [0.1, 0.15) is 0 Å². The minimum Gasteiger partial charge on any atom is -0.462 e. The maximum atomic E-state index is 12.1. The lowest BCUT2D eigenvalue weighted by Gasteiger charge is -2.33. The first-order chi connectivity index (χ1) is 17.0. The third kappa shape index (κ3) is 5.47. The number of fused-ring (bicyclic) bond motifs is 1. The molecular formula is C33H38O2Si. The molecule has 0 unspecified atom stereocenters. The topological polar surface area (TPSA) is 26.3 Å². The maximum Gasteiger partial charge on any atom is 0.338 e. The average Bonchev–Trinajstić information content (AvgIpc) is 2.83. The zero-order chi connectivity index (χ0) is 26.1. The van der Waals surface area contributed by atoms with Crippen molar-refractivity contribution in [3.63, 3.8) is 0 Å². The van der Waals surface area contributed by atoms with Gasteiger partial charge in [-0.15, -0.1) is 0 Å². The first-order valence-corrected chi connectivity index (χ1v) is 16.4. The smallest absolute Gasteiger partial charge is 0.338 e. The summed E-state index contributed by atoms with van der Waals surface area (Å²) in [5.41, 5.74) is 9.72. The second-order valence-corrected chi connectivity index (χ2v) is 16.5. The fraction of sp³-hybridized carbons (Fsp3) is 0.303. The van der Waals surface area contributed by atoms with Crippen LogP contribution in [0.3, 0.4) is 0 Å². The first-order valence-electron chi connectivity index (χ1n) is 12.9. The summed E-state index contributed by atoms with van der Waals surface area (Å²) in [6.07, 6.45) is 5.81. The van der Waals surface area contributed by atoms with Gasteiger partial charge in [0.25, 0.3) is 0 Å². The van der Waals surface area contributed by atoms with Gasteiger partial charge in [-0.1, -0.05) is 105 Å². The molecule has 0 amide bonds. The van der Waals surface area contributed by atoms with E-state index in [1.807, 2.05) is 19.1 Å². The lowest BCUT2D eigenvalue weighted by molar-refractivity contribution is 0.0526. The van der Waals surface area contributed by atoms with Gasteiger partial charge in [-0.25, -0.2) is 4.79 Å². The summed E-state index contributed by atoms with van der Waals surface area (Å²) in [7, 11) is -1.69. The summed E-state index contributed by atoms with van der Waals surface area (Å²) in [6, 6.07) is 23.7. The van der Waals surface area contributed by atoms with Crippen LogP contribution < -0.4 is 0 Å². The van der Waals surface area contributed by atoms with Crippen molar-refractivity contribution in [2.75, 3.05) is 6.61 Å². The summed E-state index contributed by atoms with van der Waals surface area (Å²) < 4.78 is 5.16. The van der Waals surface area contributed by atoms with Gasteiger partial charge in [-0.05, 0) is 77.3 Å². The first kappa shape index (κ1) is 25.9. The minimum absolute atomic E-state index is 0.107. The van der Waals surface area contributed by atoms with E-state index in [1.165, 1.54) is 44.2 Å². The van der Waals surface area contributed by atoms with Gasteiger partial charge in [0.05, 0.1) is 20.2 Å². The molecule has 0 saturated heterocycles. The second kappa shape index (κ2) is 10.1. The normalized spacial score (nSPS) is 15.2. The minimum atomic E-state index is -1.69. The van der Waals surface area contributed by atoms with E-state index >= 15 is 0 Å². The zero-order valence-corrected chi connectivity index (χ0v) is 23.7. The van der Waals surface area contributed by atoms with Gasteiger partial charge in [-0.3, -0.25) is 0 Å². The van der Waals surface area contributed by atoms with Gasteiger partial charge in [-0.2, -0.15) is 0 Å². The largest absolute Gasteiger partial charge is 0.462 e. The highest BCUT2D eigenvalue weighted by atomic mass is 28.3. The highest BCUT2D eigenvalue weighted by molar-refractivity contribution is 6.94. The van der Waals surface area contributed by atoms with E-state index in [0.717, 1.165) is 6.42 Å². The van der Waals surface area contributed by atoms with Gasteiger partial charge in [0.15, 0.2) is 0 Å². The fourth-order valence-corrected chi connectivity index (χ4v) is 6.58. The standard InChI is InChI=1S/C33H38O2Si/c1-8-35-32(34)27-16-14-26(15-17-27)31(36(5,6)7)22-24-11-18-30-29(21-24)28(19-20-33(30,3)4)25-12-9-23(2)10-13-25/h9-19,21-22H,8,20H2,1-7H3. The van der Waals surface area contributed by atoms with Crippen LogP contribution >= 0.6 is 0 Å². The van der Waals surface area contributed by atoms with E-state index in [-0.39, 0.29) is 11.4 Å². The Morgan fingerprint density at radius 2 is 1.58 bits per heavy atom. The van der Waals surface area contributed by atoms with E-state index in [2.05, 4.69) is 107 Å². The number of allylic oxidation sites excluding steroid dienone is 1. The Morgan fingerprint density at radius 1 is 0.944 bits per heavy atom. The zero-order valence-electron chi connectivity index (χ0n) is 22.7. The third-order valence-corrected chi connectivity index (χ3v) is 9.12. The number of ether oxygens (including phenoxy) is 1. The molecule has 0 atom stereocenters. The molecule has 0 fully saturated rings. The molecule has 0 heterocycles. The van der Waals surface area contributed by atoms with E-state index in [4.69, 9.17) is 4.74 Å². The van der Waals surface area contributed by atoms with Crippen molar-refractivity contribution in [2.45, 2.75) is 59.2 Å². The maximum absolute atomic E-state index is 12.1. The molecule has 0 N–H and O–H groups in total. The van der Waals surface area contributed by atoms with Crippen molar-refractivity contribution in [1.82, 2.24) is 0 Å². The van der Waals surface area contributed by atoms with Crippen molar-refractivity contribution < 1.29 is 9.53 Å². The molecule has 0 radical (unpaired) electrons. The number of hydrogen-bond acceptors (Lipinski definition) is 2. The Kier molecular flexibility index (Phi) is 7.24. The lowest BCUT2D eigenvalue weighted by atomic mass is 9.72. The SMILES string of the molecule is CCOC(=O)c1ccc(C(=Cc2ccc3c(c2)C(c2ccc(C)cc2)=CCC3(C)C)[Si](C)(C)C)cc1. The number of esters is 1. The monoisotopic (exact) mass is 494 g/mol. The number of carbonyl (C=O) groups excluding carboxylic acids is 1. The molecular weight excluding hydrogens is 456 g/mol. The van der Waals surface area contributed by atoms with Crippen LogP contribution in [0.4, 0.5) is 0 Å². The molecule has 1 aliphatic rings. The molecule has 0 saturated carbocycles. The molecule has 36 heavy (non-hydrogen) atoms. The molecule has 186 valence electrons. The van der Waals surface area contributed by atoms with E-state index < -0.39 is 8.07 Å². The number of carbonyl (C=O) groups is 1. The molecule has 0 spiro atoms. The van der Waals surface area contributed by atoms with Crippen LogP contribution in [0, 0.1) is 6.92 Å². The molecule has 4 rings (SSSR count). The summed E-state index contributed by atoms with van der Waals surface area (Å²) in [5.74, 6) is -0.268. The highest BCUT2D eigenvalue weighted by Gasteiger charge is 2.29. The van der Waals surface area contributed by atoms with Crippen molar-refractivity contribution in [2.24, 2.45) is 0 Å². The summed E-state index contributed by atoms with van der Waals surface area (Å²) in [5, 5.41) is 1.37. The summed E-state index contributed by atoms with van der Waals surface area (Å²) >= 11 is 0. The van der Waals surface area contributed by atoms with Crippen molar-refractivity contribution in [1.29, 1.82) is 0 Å². The molecule has 1 aliphatic carbocycles. The van der Waals surface area contributed by atoms with E-state index in [0.29, 0.717) is 12.2 Å². The molecule has 3 heteroatoms. The van der Waals surface area contributed by atoms with Crippen LogP contribution in [-0.4, -0.2) is 20.7 Å². The van der Waals surface area contributed by atoms with Crippen molar-refractivity contribution in [3.8, 4) is 0 Å². The van der Waals surface area contributed by atoms with Crippen LogP contribution in [0.2, 0.25) is 19.6 Å². The quantitative estimate of drug-likeness (QED) is 0.195. The van der Waals surface area contributed by atoms with Crippen LogP contribution in [0.5, 0.6) is 0 Å². The summed E-state index contributed by atoms with van der Waals surface area (Å²) in [6.45, 7) is 16.1. The molecule has 2 nitrogen and oxygen atoms in total. The van der Waals surface area contributed by atoms with Crippen molar-refractivity contribution >= 4 is 30.9 Å². The van der Waals surface area contributed by atoms with Gasteiger partial charge in [0, 0.05) is 0 Å².